The summed E-state index contributed by atoms with van der Waals surface area (Å²) in [6.45, 7) is -3.26. The highest BCUT2D eigenvalue weighted by atomic mass is 19.3. The van der Waals surface area contributed by atoms with E-state index in [1.807, 2.05) is 0 Å². The average Bonchev–Trinajstić information content (AvgIpc) is 2.65. The molecule has 6 nitrogen and oxygen atoms in total. The highest BCUT2D eigenvalue weighted by Gasteiger charge is 2.13. The quantitative estimate of drug-likeness (QED) is 0.736. The molecule has 0 bridgehead atoms. The smallest absolute Gasteiger partial charge is 0.387 e. The number of nitrogens with one attached hydrogen (secondary N) is 2. The minimum Gasteiger partial charge on any atom is -0.493 e. The van der Waals surface area contributed by atoms with Crippen LogP contribution in [-0.2, 0) is 11.3 Å². The van der Waals surface area contributed by atoms with E-state index in [-0.39, 0.29) is 30.2 Å². The summed E-state index contributed by atoms with van der Waals surface area (Å²) in [6.07, 6.45) is 0. The monoisotopic (exact) mass is 382 g/mol. The highest BCUT2D eigenvalue weighted by molar-refractivity contribution is 5.96. The molecule has 0 saturated carbocycles. The van der Waals surface area contributed by atoms with Gasteiger partial charge >= 0.3 is 6.61 Å². The van der Waals surface area contributed by atoms with E-state index in [0.717, 1.165) is 6.07 Å². The van der Waals surface area contributed by atoms with Gasteiger partial charge in [0.1, 0.15) is 5.82 Å². The number of amides is 2. The van der Waals surface area contributed by atoms with Gasteiger partial charge in [-0.15, -0.1) is 0 Å². The number of halogens is 3. The molecule has 0 aliphatic rings. The molecule has 9 heteroatoms. The molecule has 2 N–H and O–H groups in total. The van der Waals surface area contributed by atoms with Gasteiger partial charge in [-0.2, -0.15) is 8.78 Å². The Kier molecular flexibility index (Phi) is 7.04. The molecule has 0 aliphatic heterocycles. The third-order valence-electron chi connectivity index (χ3n) is 3.46. The van der Waals surface area contributed by atoms with Crippen LogP contribution in [0.5, 0.6) is 11.5 Å². The number of carbonyl (C=O) groups excluding carboxylic acids is 2. The third kappa shape index (κ3) is 5.91. The zero-order valence-corrected chi connectivity index (χ0v) is 14.3. The van der Waals surface area contributed by atoms with Crippen molar-refractivity contribution in [3.05, 3.63) is 59.4 Å². The number of hydrogen-bond donors (Lipinski definition) is 2. The molecule has 27 heavy (non-hydrogen) atoms. The first kappa shape index (κ1) is 20.1. The lowest BCUT2D eigenvalue weighted by Crippen LogP contribution is -2.36. The summed E-state index contributed by atoms with van der Waals surface area (Å²) in [5.74, 6) is -1.94. The van der Waals surface area contributed by atoms with E-state index in [9.17, 15) is 22.8 Å². The van der Waals surface area contributed by atoms with E-state index in [1.54, 1.807) is 0 Å². The maximum absolute atomic E-state index is 13.5. The third-order valence-corrected chi connectivity index (χ3v) is 3.46. The lowest BCUT2D eigenvalue weighted by atomic mass is 10.2. The fraction of sp³-hybridized carbons (Fsp3) is 0.222. The van der Waals surface area contributed by atoms with Gasteiger partial charge in [0.25, 0.3) is 5.91 Å². The van der Waals surface area contributed by atoms with Crippen LogP contribution in [0.25, 0.3) is 0 Å². The SMILES string of the molecule is COc1cc(CNC(=O)CNC(=O)c2ccccc2F)ccc1OC(F)F. The summed E-state index contributed by atoms with van der Waals surface area (Å²) in [4.78, 5) is 23.7. The predicted molar refractivity (Wildman–Crippen MR) is 90.2 cm³/mol. The topological polar surface area (TPSA) is 76.7 Å². The number of methoxy groups -OCH3 is 1. The first-order valence-electron chi connectivity index (χ1n) is 7.82. The zero-order chi connectivity index (χ0) is 19.8. The van der Waals surface area contributed by atoms with Gasteiger partial charge < -0.3 is 20.1 Å². The van der Waals surface area contributed by atoms with Crippen LogP contribution in [0.15, 0.2) is 42.5 Å². The van der Waals surface area contributed by atoms with Gasteiger partial charge in [-0.25, -0.2) is 4.39 Å². The molecule has 0 spiro atoms. The second-order valence-corrected chi connectivity index (χ2v) is 5.30. The molecule has 2 aromatic carbocycles. The minimum atomic E-state index is -2.98. The van der Waals surface area contributed by atoms with Crippen LogP contribution in [0.3, 0.4) is 0 Å². The normalized spacial score (nSPS) is 10.4. The number of rotatable bonds is 8. The van der Waals surface area contributed by atoms with Gasteiger partial charge in [0.05, 0.1) is 19.2 Å². The molecule has 0 radical (unpaired) electrons. The molecule has 0 atom stereocenters. The fourth-order valence-electron chi connectivity index (χ4n) is 2.18. The molecule has 2 aromatic rings. The Hall–Kier alpha value is -3.23. The molecule has 144 valence electrons. The molecular formula is C18H17F3N2O4. The molecule has 2 amide bonds. The zero-order valence-electron chi connectivity index (χ0n) is 14.3. The molecule has 2 rings (SSSR count). The van der Waals surface area contributed by atoms with Gasteiger partial charge in [0, 0.05) is 6.54 Å². The summed E-state index contributed by atoms with van der Waals surface area (Å²) in [5, 5.41) is 4.85. The Morgan fingerprint density at radius 2 is 1.81 bits per heavy atom. The molecule has 0 aliphatic carbocycles. The van der Waals surface area contributed by atoms with Gasteiger partial charge in [-0.1, -0.05) is 18.2 Å². The fourth-order valence-corrected chi connectivity index (χ4v) is 2.18. The van der Waals surface area contributed by atoms with Crippen molar-refractivity contribution < 1.29 is 32.2 Å². The first-order valence-corrected chi connectivity index (χ1v) is 7.82. The van der Waals surface area contributed by atoms with Crippen LogP contribution < -0.4 is 20.1 Å². The van der Waals surface area contributed by atoms with Crippen molar-refractivity contribution in [2.75, 3.05) is 13.7 Å². The van der Waals surface area contributed by atoms with Crippen LogP contribution in [-0.4, -0.2) is 32.1 Å². The van der Waals surface area contributed by atoms with Gasteiger partial charge in [-0.3, -0.25) is 9.59 Å². The van der Waals surface area contributed by atoms with Gasteiger partial charge in [0.15, 0.2) is 11.5 Å². The Morgan fingerprint density at radius 1 is 1.07 bits per heavy atom. The second-order valence-electron chi connectivity index (χ2n) is 5.30. The van der Waals surface area contributed by atoms with E-state index in [1.165, 1.54) is 43.5 Å². The number of carbonyl (C=O) groups is 2. The van der Waals surface area contributed by atoms with Crippen LogP contribution in [0, 0.1) is 5.82 Å². The average molecular weight is 382 g/mol. The van der Waals surface area contributed by atoms with E-state index < -0.39 is 24.2 Å². The summed E-state index contributed by atoms with van der Waals surface area (Å²) < 4.78 is 47.4. The lowest BCUT2D eigenvalue weighted by Gasteiger charge is -2.12. The van der Waals surface area contributed by atoms with E-state index in [0.29, 0.717) is 5.56 Å². The maximum Gasteiger partial charge on any atom is 0.387 e. The van der Waals surface area contributed by atoms with Gasteiger partial charge in [0.2, 0.25) is 5.91 Å². The van der Waals surface area contributed by atoms with Crippen molar-refractivity contribution in [2.45, 2.75) is 13.2 Å². The van der Waals surface area contributed by atoms with E-state index in [2.05, 4.69) is 15.4 Å². The van der Waals surface area contributed by atoms with Crippen LogP contribution in [0.2, 0.25) is 0 Å². The van der Waals surface area contributed by atoms with Crippen molar-refractivity contribution >= 4 is 11.8 Å². The van der Waals surface area contributed by atoms with Crippen molar-refractivity contribution in [1.82, 2.24) is 10.6 Å². The Balaban J connectivity index is 1.86. The molecule has 0 fully saturated rings. The molecule has 0 unspecified atom stereocenters. The van der Waals surface area contributed by atoms with E-state index >= 15 is 0 Å². The van der Waals surface area contributed by atoms with Crippen LogP contribution in [0.4, 0.5) is 13.2 Å². The number of hydrogen-bond acceptors (Lipinski definition) is 4. The first-order chi connectivity index (χ1) is 12.9. The highest BCUT2D eigenvalue weighted by Crippen LogP contribution is 2.29. The van der Waals surface area contributed by atoms with E-state index in [4.69, 9.17) is 4.74 Å². The molecular weight excluding hydrogens is 365 g/mol. The lowest BCUT2D eigenvalue weighted by molar-refractivity contribution is -0.120. The summed E-state index contributed by atoms with van der Waals surface area (Å²) in [7, 11) is 1.30. The Morgan fingerprint density at radius 3 is 2.48 bits per heavy atom. The predicted octanol–water partition coefficient (Wildman–Crippen LogP) is 2.48. The van der Waals surface area contributed by atoms with Gasteiger partial charge in [-0.05, 0) is 29.8 Å². The number of benzene rings is 2. The summed E-state index contributed by atoms with van der Waals surface area (Å²) in [5.41, 5.74) is 0.409. The second kappa shape index (κ2) is 9.46. The molecule has 0 heterocycles. The number of alkyl halides is 2. The largest absolute Gasteiger partial charge is 0.493 e. The van der Waals surface area contributed by atoms with Crippen molar-refractivity contribution in [1.29, 1.82) is 0 Å². The summed E-state index contributed by atoms with van der Waals surface area (Å²) in [6, 6.07) is 9.63. The maximum atomic E-state index is 13.5. The van der Waals surface area contributed by atoms with Crippen LogP contribution >= 0.6 is 0 Å². The van der Waals surface area contributed by atoms with Crippen LogP contribution in [0.1, 0.15) is 15.9 Å². The summed E-state index contributed by atoms with van der Waals surface area (Å²) >= 11 is 0. The molecule has 0 aromatic heterocycles. The minimum absolute atomic E-state index is 0.0692. The van der Waals surface area contributed by atoms with Crippen molar-refractivity contribution in [2.24, 2.45) is 0 Å². The standard InChI is InChI=1S/C18H17F3N2O4/c1-26-15-8-11(6-7-14(15)27-18(20)21)9-22-16(24)10-23-17(25)12-4-2-3-5-13(12)19/h2-8,18H,9-10H2,1H3,(H,22,24)(H,23,25). The molecule has 0 saturated heterocycles. The Bertz CT molecular complexity index is 815. The van der Waals surface area contributed by atoms with Crippen molar-refractivity contribution in [3.8, 4) is 11.5 Å². The Labute approximate surface area is 153 Å². The van der Waals surface area contributed by atoms with Crippen molar-refractivity contribution in [3.63, 3.8) is 0 Å². The number of ether oxygens (including phenoxy) is 2.